The van der Waals surface area contributed by atoms with Crippen LogP contribution in [0.3, 0.4) is 0 Å². The smallest absolute Gasteiger partial charge is 0.494 e. The van der Waals surface area contributed by atoms with Gasteiger partial charge in [-0.05, 0) is 127 Å². The number of nitrogens with one attached hydrogen (secondary N) is 4. The number of anilines is 2. The maximum atomic E-state index is 15.2. The quantitative estimate of drug-likeness (QED) is 0.0304. The fourth-order valence-electron chi connectivity index (χ4n) is 12.1. The van der Waals surface area contributed by atoms with Crippen molar-refractivity contribution in [3.05, 3.63) is 236 Å². The van der Waals surface area contributed by atoms with Crippen molar-refractivity contribution in [2.75, 3.05) is 31.0 Å². The van der Waals surface area contributed by atoms with Crippen LogP contribution in [-0.2, 0) is 77.5 Å². The molecule has 0 radical (unpaired) electrons. The van der Waals surface area contributed by atoms with E-state index in [0.29, 0.717) is 107 Å². The third kappa shape index (κ3) is 18.2. The van der Waals surface area contributed by atoms with Gasteiger partial charge in [0.15, 0.2) is 0 Å². The van der Waals surface area contributed by atoms with Gasteiger partial charge in [0.25, 0.3) is 22.9 Å². The molecule has 0 unspecified atom stereocenters. The van der Waals surface area contributed by atoms with E-state index in [-0.39, 0.29) is 40.8 Å². The molecule has 0 bridgehead atoms. The molecule has 11 rings (SSSR count). The summed E-state index contributed by atoms with van der Waals surface area (Å²) >= 11 is 3.04. The Balaban J connectivity index is 0.000000216. The van der Waals surface area contributed by atoms with Crippen molar-refractivity contribution in [1.82, 2.24) is 28.9 Å². The molecule has 0 spiro atoms. The fourth-order valence-corrected chi connectivity index (χ4v) is 12.7. The number of carbonyl (C=O) groups excluding carboxylic acids is 3. The number of aliphatic carboxylic acids is 1. The maximum absolute atomic E-state index is 15.2. The first-order valence-electron chi connectivity index (χ1n) is 33.0. The number of carboxylic acids is 1. The molecule has 1 fully saturated rings. The van der Waals surface area contributed by atoms with E-state index in [1.807, 2.05) is 27.7 Å². The Morgan fingerprint density at radius 1 is 0.579 bits per heavy atom. The minimum atomic E-state index is -4.84. The number of fused-ring (bicyclic) bond motifs is 2. The number of alkyl halides is 6. The number of methoxy groups -OCH3 is 1. The number of benzene rings is 6. The molecule has 6 aromatic carbocycles. The molecule has 3 aliphatic rings. The number of nitrogens with zero attached hydrogens (tertiary/aromatic N) is 4. The Kier molecular flexibility index (Phi) is 24.6. The van der Waals surface area contributed by atoms with Gasteiger partial charge in [0.05, 0.1) is 41.6 Å². The summed E-state index contributed by atoms with van der Waals surface area (Å²) in [7, 11) is 6.23. The van der Waals surface area contributed by atoms with Crippen LogP contribution in [0.1, 0.15) is 107 Å². The summed E-state index contributed by atoms with van der Waals surface area (Å²) in [5.74, 6) is -10.2. The number of carbonyl (C=O) groups is 4. The Morgan fingerprint density at radius 3 is 1.44 bits per heavy atom. The van der Waals surface area contributed by atoms with E-state index in [9.17, 15) is 69.8 Å². The third-order valence-electron chi connectivity index (χ3n) is 18.4. The van der Waals surface area contributed by atoms with E-state index >= 15 is 17.6 Å². The highest BCUT2D eigenvalue weighted by Gasteiger charge is 2.53. The first-order chi connectivity index (χ1) is 50.2. The molecular weight excluding hydrogens is 1490 g/mol. The van der Waals surface area contributed by atoms with E-state index in [0.717, 1.165) is 21.8 Å². The lowest BCUT2D eigenvalue weighted by atomic mass is 9.75. The molecule has 0 aliphatic carbocycles. The number of esters is 1. The summed E-state index contributed by atoms with van der Waals surface area (Å²) in [5, 5.41) is 18.5. The number of halogens is 11. The molecule has 22 nitrogen and oxygen atoms in total. The number of carboxylic acid groups (broad SMARTS) is 1. The van der Waals surface area contributed by atoms with E-state index in [1.165, 1.54) is 109 Å². The second kappa shape index (κ2) is 32.7. The average Bonchev–Trinajstić information content (AvgIpc) is 1.64. The van der Waals surface area contributed by atoms with Crippen molar-refractivity contribution in [1.29, 1.82) is 0 Å². The van der Waals surface area contributed by atoms with Crippen LogP contribution in [0.2, 0.25) is 0 Å². The SMILES string of the molecule is COC(=O)[C@H](Cc1ccc(B2OC(C)(C)C(C)(C)O2)c2c1CCCO2)NC(=O)c1c(F)cc(N[C@H](c2ccccc2)C(F)(F)F)cc1F.Cn1cc(-c2ccc(C[C@H](NC(=O)c3c(F)cc(N[C@H](c4ccccc4)C(F)(F)F)cc3F)C(=O)O)c3c2OCCC3)c(=O)n(C)c1=O.Cn1cc(Br)c(=O)n(C)c1=O. The van der Waals surface area contributed by atoms with Crippen molar-refractivity contribution in [3.8, 4) is 22.6 Å². The molecule has 34 heteroatoms. The molecule has 5 N–H and O–H groups in total. The molecule has 2 amide bonds. The fraction of sp³-hybridized carbons (Fsp3) is 0.342. The van der Waals surface area contributed by atoms with Crippen LogP contribution < -0.4 is 58.7 Å². The Bertz CT molecular complexity index is 4860. The molecule has 568 valence electrons. The highest BCUT2D eigenvalue weighted by molar-refractivity contribution is 9.10. The number of hydrogen-bond donors (Lipinski definition) is 5. The second-order valence-electron chi connectivity index (χ2n) is 26.2. The molecule has 1 saturated heterocycles. The number of aryl methyl sites for hydroxylation is 2. The van der Waals surface area contributed by atoms with E-state index < -0.39 is 136 Å². The van der Waals surface area contributed by atoms with Gasteiger partial charge in [-0.15, -0.1) is 0 Å². The van der Waals surface area contributed by atoms with E-state index in [2.05, 4.69) is 37.2 Å². The molecule has 8 aromatic rings. The number of hydrogen-bond acceptors (Lipinski definition) is 15. The van der Waals surface area contributed by atoms with Crippen LogP contribution >= 0.6 is 15.9 Å². The van der Waals surface area contributed by atoms with Crippen LogP contribution in [0.15, 0.2) is 145 Å². The van der Waals surface area contributed by atoms with Gasteiger partial charge < -0.3 is 59.0 Å². The maximum Gasteiger partial charge on any atom is 0.498 e. The van der Waals surface area contributed by atoms with Gasteiger partial charge in [-0.1, -0.05) is 84.9 Å². The van der Waals surface area contributed by atoms with Crippen LogP contribution in [0.4, 0.5) is 55.3 Å². The molecule has 2 aromatic heterocycles. The highest BCUT2D eigenvalue weighted by Crippen LogP contribution is 2.42. The van der Waals surface area contributed by atoms with Crippen LogP contribution in [0.25, 0.3) is 11.1 Å². The van der Waals surface area contributed by atoms with Crippen LogP contribution in [-0.4, -0.2) is 110 Å². The first kappa shape index (κ1) is 80.6. The molecule has 3 aliphatic heterocycles. The van der Waals surface area contributed by atoms with Crippen molar-refractivity contribution >= 4 is 63.6 Å². The first-order valence-corrected chi connectivity index (χ1v) is 33.8. The lowest BCUT2D eigenvalue weighted by molar-refractivity contribution is -0.144. The van der Waals surface area contributed by atoms with E-state index in [1.54, 1.807) is 25.2 Å². The Morgan fingerprint density at radius 2 is 0.991 bits per heavy atom. The number of amides is 2. The monoisotopic (exact) mass is 1560 g/mol. The molecule has 5 heterocycles. The second-order valence-corrected chi connectivity index (χ2v) is 27.1. The number of rotatable bonds is 18. The zero-order chi connectivity index (χ0) is 78.5. The lowest BCUT2D eigenvalue weighted by Crippen LogP contribution is -2.44. The Labute approximate surface area is 612 Å². The van der Waals surface area contributed by atoms with Gasteiger partial charge in [0, 0.05) is 75.8 Å². The summed E-state index contributed by atoms with van der Waals surface area (Å²) in [6.45, 7) is 8.46. The summed E-state index contributed by atoms with van der Waals surface area (Å²) < 4.78 is 178. The molecular formula is C73H72BBrF10N8O14. The summed E-state index contributed by atoms with van der Waals surface area (Å²) in [4.78, 5) is 98.5. The van der Waals surface area contributed by atoms with Gasteiger partial charge in [-0.25, -0.2) is 36.7 Å². The lowest BCUT2D eigenvalue weighted by Gasteiger charge is -2.32. The van der Waals surface area contributed by atoms with Crippen molar-refractivity contribution < 1.29 is 91.7 Å². The summed E-state index contributed by atoms with van der Waals surface area (Å²) in [5.41, 5.74) is -3.13. The van der Waals surface area contributed by atoms with Gasteiger partial charge in [-0.3, -0.25) is 28.3 Å². The van der Waals surface area contributed by atoms with Gasteiger partial charge in [0.1, 0.15) is 70.1 Å². The molecule has 4 atom stereocenters. The topological polar surface area (TPSA) is 271 Å². The normalized spacial score (nSPS) is 15.3. The van der Waals surface area contributed by atoms with Gasteiger partial charge in [0.2, 0.25) is 0 Å². The van der Waals surface area contributed by atoms with Crippen LogP contribution in [0.5, 0.6) is 11.5 Å². The highest BCUT2D eigenvalue weighted by atomic mass is 79.9. The zero-order valence-electron chi connectivity index (χ0n) is 58.8. The Hall–Kier alpha value is -10.5. The summed E-state index contributed by atoms with van der Waals surface area (Å²) in [6.07, 6.45) is -5.04. The predicted molar refractivity (Wildman–Crippen MR) is 377 cm³/mol. The van der Waals surface area contributed by atoms with Crippen molar-refractivity contribution in [2.45, 2.75) is 114 Å². The van der Waals surface area contributed by atoms with Crippen LogP contribution in [0, 0.1) is 23.3 Å². The number of aromatic nitrogens is 4. The van der Waals surface area contributed by atoms with Crippen molar-refractivity contribution in [3.63, 3.8) is 0 Å². The minimum absolute atomic E-state index is 0.110. The largest absolute Gasteiger partial charge is 0.498 e. The standard InChI is InChI=1S/C34H36BF5N2O6.C33H29F5N4O6.C6H7BrN2O2/c1-32(2)33(3,4)48-35(47-32)23-14-13-20(22-12-9-15-46-28(22)23)16-26(31(44)45-5)42-30(43)27-24(36)17-21(18-25(27)37)41-29(34(38,39)40)19-10-7-6-8-11-19;1-41-16-22(30(44)42(2)32(41)47)21-11-10-18(20-9-6-12-48-27(20)21)13-25(31(45)46)40-29(43)26-23(34)14-19(15-24(26)35)39-28(33(36,37)38)17-7-4-3-5-8-17;1-8-3-4(7)5(10)9(2)6(8)11/h6-8,10-11,13-14,17-18,26,29,41H,9,12,15-16H2,1-5H3,(H,42,43);3-5,7-8,10-11,14-16,25,28,39H,6,9,12-13H2,1-2H3,(H,40,43)(H,45,46);3H,1-2H3/t26-,29+;25-,28+;/m00./s1. The third-order valence-corrected chi connectivity index (χ3v) is 18.9. The van der Waals surface area contributed by atoms with Gasteiger partial charge in [-0.2, -0.15) is 26.3 Å². The molecule has 107 heavy (non-hydrogen) atoms. The average molecular weight is 1570 g/mol. The number of ether oxygens (including phenoxy) is 3. The van der Waals surface area contributed by atoms with Gasteiger partial charge >= 0.3 is 42.8 Å². The van der Waals surface area contributed by atoms with Crippen molar-refractivity contribution in [2.24, 2.45) is 28.2 Å². The molecule has 0 saturated carbocycles. The summed E-state index contributed by atoms with van der Waals surface area (Å²) in [6, 6.07) is 14.6. The zero-order valence-corrected chi connectivity index (χ0v) is 60.4. The minimum Gasteiger partial charge on any atom is -0.494 e. The van der Waals surface area contributed by atoms with E-state index in [4.69, 9.17) is 23.5 Å². The predicted octanol–water partition coefficient (Wildman–Crippen LogP) is 10.2.